The van der Waals surface area contributed by atoms with Gasteiger partial charge in [0, 0.05) is 15.7 Å². The highest BCUT2D eigenvalue weighted by atomic mass is 35.5. The molecule has 1 N–H and O–H groups in total. The summed E-state index contributed by atoms with van der Waals surface area (Å²) in [4.78, 5) is 13.3. The third kappa shape index (κ3) is 4.47. The largest absolute Gasteiger partial charge is 0.493 e. The number of hydrogen-bond acceptors (Lipinski definition) is 2. The number of unbranched alkanes of at least 4 members (excludes halogenated alkanes) is 1. The summed E-state index contributed by atoms with van der Waals surface area (Å²) in [6.07, 6.45) is 5.73. The molecule has 0 atom stereocenters. The number of hydrogen-bond donors (Lipinski definition) is 1. The molecule has 2 aromatic carbocycles. The number of amides is 1. The van der Waals surface area contributed by atoms with Crippen LogP contribution in [-0.2, 0) is 10.2 Å². The normalized spacial score (nSPS) is 15.4. The first-order valence-electron chi connectivity index (χ1n) is 9.97. The van der Waals surface area contributed by atoms with Gasteiger partial charge in [0.15, 0.2) is 0 Å². The average molecular weight is 420 g/mol. The highest BCUT2D eigenvalue weighted by molar-refractivity contribution is 6.35. The maximum absolute atomic E-state index is 13.3. The molecule has 150 valence electrons. The Labute approximate surface area is 177 Å². The predicted octanol–water partition coefficient (Wildman–Crippen LogP) is 6.93. The molecule has 0 radical (unpaired) electrons. The Morgan fingerprint density at radius 1 is 1.14 bits per heavy atom. The minimum Gasteiger partial charge on any atom is -0.493 e. The van der Waals surface area contributed by atoms with E-state index in [1.807, 2.05) is 37.3 Å². The lowest BCUT2D eigenvalue weighted by Crippen LogP contribution is -2.38. The molecule has 1 amide bonds. The van der Waals surface area contributed by atoms with Crippen molar-refractivity contribution in [1.82, 2.24) is 0 Å². The van der Waals surface area contributed by atoms with E-state index in [-0.39, 0.29) is 5.91 Å². The highest BCUT2D eigenvalue weighted by Crippen LogP contribution is 2.45. The van der Waals surface area contributed by atoms with Crippen LogP contribution < -0.4 is 10.1 Å². The summed E-state index contributed by atoms with van der Waals surface area (Å²) < 4.78 is 5.81. The third-order valence-corrected chi connectivity index (χ3v) is 6.07. The van der Waals surface area contributed by atoms with Gasteiger partial charge in [0.05, 0.1) is 12.0 Å². The van der Waals surface area contributed by atoms with Crippen LogP contribution in [0.4, 0.5) is 5.69 Å². The molecular formula is C23H27Cl2NO2. The Morgan fingerprint density at radius 2 is 1.89 bits per heavy atom. The van der Waals surface area contributed by atoms with Gasteiger partial charge >= 0.3 is 0 Å². The Bertz CT molecular complexity index is 844. The lowest BCUT2D eigenvalue weighted by atomic mass is 9.78. The van der Waals surface area contributed by atoms with Gasteiger partial charge < -0.3 is 10.1 Å². The molecule has 2 aromatic rings. The summed E-state index contributed by atoms with van der Waals surface area (Å²) in [6.45, 7) is 4.85. The minimum absolute atomic E-state index is 0.00623. The SMILES string of the molecule is CCCCOc1ccc(NC(=O)C2(c3ccc(Cl)cc3Cl)CCCC2)cc1C. The number of aryl methyl sites for hydroxylation is 1. The Balaban J connectivity index is 1.81. The van der Waals surface area contributed by atoms with Crippen LogP contribution in [0, 0.1) is 6.92 Å². The Morgan fingerprint density at radius 3 is 2.54 bits per heavy atom. The van der Waals surface area contributed by atoms with Crippen molar-refractivity contribution in [3.63, 3.8) is 0 Å². The van der Waals surface area contributed by atoms with Crippen molar-refractivity contribution in [2.24, 2.45) is 0 Å². The second-order valence-electron chi connectivity index (χ2n) is 7.55. The molecular weight excluding hydrogens is 393 g/mol. The number of carbonyl (C=O) groups excluding carboxylic acids is 1. The molecule has 1 aliphatic carbocycles. The number of benzene rings is 2. The third-order valence-electron chi connectivity index (χ3n) is 5.53. The number of anilines is 1. The Kier molecular flexibility index (Phi) is 6.90. The quantitative estimate of drug-likeness (QED) is 0.493. The first-order valence-corrected chi connectivity index (χ1v) is 10.7. The molecule has 0 spiro atoms. The van der Waals surface area contributed by atoms with Gasteiger partial charge in [-0.05, 0) is 67.6 Å². The van der Waals surface area contributed by atoms with E-state index in [2.05, 4.69) is 12.2 Å². The first kappa shape index (κ1) is 21.0. The average Bonchev–Trinajstić information content (AvgIpc) is 3.14. The van der Waals surface area contributed by atoms with Gasteiger partial charge in [-0.3, -0.25) is 4.79 Å². The van der Waals surface area contributed by atoms with Crippen LogP contribution in [0.3, 0.4) is 0 Å². The smallest absolute Gasteiger partial charge is 0.235 e. The van der Waals surface area contributed by atoms with E-state index in [0.717, 1.165) is 61.1 Å². The molecule has 0 unspecified atom stereocenters. The fourth-order valence-corrected chi connectivity index (χ4v) is 4.53. The monoisotopic (exact) mass is 419 g/mol. The summed E-state index contributed by atoms with van der Waals surface area (Å²) >= 11 is 12.5. The van der Waals surface area contributed by atoms with Crippen LogP contribution in [0.5, 0.6) is 5.75 Å². The lowest BCUT2D eigenvalue weighted by molar-refractivity contribution is -0.121. The van der Waals surface area contributed by atoms with Gasteiger partial charge in [0.25, 0.3) is 0 Å². The predicted molar refractivity (Wildman–Crippen MR) is 117 cm³/mol. The van der Waals surface area contributed by atoms with Gasteiger partial charge in [-0.15, -0.1) is 0 Å². The van der Waals surface area contributed by atoms with Gasteiger partial charge in [-0.2, -0.15) is 0 Å². The number of rotatable bonds is 7. The number of halogens is 2. The van der Waals surface area contributed by atoms with Crippen LogP contribution >= 0.6 is 23.2 Å². The number of ether oxygens (including phenoxy) is 1. The topological polar surface area (TPSA) is 38.3 Å². The van der Waals surface area contributed by atoms with E-state index in [0.29, 0.717) is 16.7 Å². The summed E-state index contributed by atoms with van der Waals surface area (Å²) in [5.41, 5.74) is 2.05. The van der Waals surface area contributed by atoms with Gasteiger partial charge in [0.1, 0.15) is 5.75 Å². The van der Waals surface area contributed by atoms with Crippen LogP contribution in [0.25, 0.3) is 0 Å². The van der Waals surface area contributed by atoms with Crippen molar-refractivity contribution in [2.45, 2.75) is 57.8 Å². The molecule has 0 bridgehead atoms. The summed E-state index contributed by atoms with van der Waals surface area (Å²) in [5.74, 6) is 0.857. The second kappa shape index (κ2) is 9.19. The van der Waals surface area contributed by atoms with E-state index < -0.39 is 5.41 Å². The van der Waals surface area contributed by atoms with Crippen LogP contribution in [0.1, 0.15) is 56.6 Å². The maximum Gasteiger partial charge on any atom is 0.235 e. The second-order valence-corrected chi connectivity index (χ2v) is 8.39. The highest BCUT2D eigenvalue weighted by Gasteiger charge is 2.44. The van der Waals surface area contributed by atoms with Crippen LogP contribution in [-0.4, -0.2) is 12.5 Å². The van der Waals surface area contributed by atoms with Gasteiger partial charge in [-0.25, -0.2) is 0 Å². The fourth-order valence-electron chi connectivity index (χ4n) is 3.94. The van der Waals surface area contributed by atoms with E-state index in [9.17, 15) is 4.79 Å². The minimum atomic E-state index is -0.605. The Hall–Kier alpha value is -1.71. The molecule has 1 aliphatic rings. The molecule has 0 aromatic heterocycles. The zero-order chi connectivity index (χ0) is 20.1. The maximum atomic E-state index is 13.3. The molecule has 1 fully saturated rings. The lowest BCUT2D eigenvalue weighted by Gasteiger charge is -2.29. The van der Waals surface area contributed by atoms with Crippen molar-refractivity contribution in [3.05, 3.63) is 57.6 Å². The first-order chi connectivity index (χ1) is 13.5. The van der Waals surface area contributed by atoms with E-state index in [4.69, 9.17) is 27.9 Å². The van der Waals surface area contributed by atoms with Crippen molar-refractivity contribution in [2.75, 3.05) is 11.9 Å². The molecule has 5 heteroatoms. The zero-order valence-electron chi connectivity index (χ0n) is 16.5. The molecule has 0 aliphatic heterocycles. The van der Waals surface area contributed by atoms with Crippen molar-refractivity contribution < 1.29 is 9.53 Å². The molecule has 0 heterocycles. The van der Waals surface area contributed by atoms with Crippen LogP contribution in [0.2, 0.25) is 10.0 Å². The van der Waals surface area contributed by atoms with E-state index in [1.165, 1.54) is 0 Å². The summed E-state index contributed by atoms with van der Waals surface area (Å²) in [7, 11) is 0. The molecule has 3 rings (SSSR count). The van der Waals surface area contributed by atoms with Crippen LogP contribution in [0.15, 0.2) is 36.4 Å². The molecule has 3 nitrogen and oxygen atoms in total. The molecule has 28 heavy (non-hydrogen) atoms. The van der Waals surface area contributed by atoms with E-state index in [1.54, 1.807) is 6.07 Å². The molecule has 1 saturated carbocycles. The van der Waals surface area contributed by atoms with Crippen molar-refractivity contribution in [1.29, 1.82) is 0 Å². The number of nitrogens with one attached hydrogen (secondary N) is 1. The zero-order valence-corrected chi connectivity index (χ0v) is 18.0. The van der Waals surface area contributed by atoms with Crippen molar-refractivity contribution in [3.8, 4) is 5.75 Å². The van der Waals surface area contributed by atoms with Gasteiger partial charge in [-0.1, -0.05) is 55.5 Å². The van der Waals surface area contributed by atoms with Gasteiger partial charge in [0.2, 0.25) is 5.91 Å². The fraction of sp³-hybridized carbons (Fsp3) is 0.435. The summed E-state index contributed by atoms with van der Waals surface area (Å²) in [6, 6.07) is 11.2. The van der Waals surface area contributed by atoms with Crippen molar-refractivity contribution >= 4 is 34.8 Å². The summed E-state index contributed by atoms with van der Waals surface area (Å²) in [5, 5.41) is 4.25. The molecule has 0 saturated heterocycles. The van der Waals surface area contributed by atoms with E-state index >= 15 is 0 Å². The number of carbonyl (C=O) groups is 1. The standard InChI is InChI=1S/C23H27Cl2NO2/c1-3-4-13-28-21-10-8-18(14-16(21)2)26-22(27)23(11-5-6-12-23)19-9-7-17(24)15-20(19)25/h7-10,14-15H,3-6,11-13H2,1-2H3,(H,26,27).